The Hall–Kier alpha value is -1.84. The number of hydrogen-bond donors (Lipinski definition) is 3. The van der Waals surface area contributed by atoms with Gasteiger partial charge in [-0.15, -0.1) is 0 Å². The Balaban J connectivity index is 2.46. The lowest BCUT2D eigenvalue weighted by Crippen LogP contribution is -2.29. The summed E-state index contributed by atoms with van der Waals surface area (Å²) in [5, 5.41) is 17.9. The number of ether oxygens (including phenoxy) is 1. The van der Waals surface area contributed by atoms with Crippen LogP contribution in [0, 0.1) is 0 Å². The zero-order valence-electron chi connectivity index (χ0n) is 10.9. The van der Waals surface area contributed by atoms with Crippen molar-refractivity contribution in [1.82, 2.24) is 9.55 Å². The van der Waals surface area contributed by atoms with E-state index in [0.717, 1.165) is 4.57 Å². The van der Waals surface area contributed by atoms with Crippen LogP contribution in [0.4, 0.5) is 14.6 Å². The number of halogens is 2. The second-order valence-electron chi connectivity index (χ2n) is 4.54. The number of alkyl halides is 1. The summed E-state index contributed by atoms with van der Waals surface area (Å²) in [4.78, 5) is 15.4. The SMILES string of the molecule is Nc1nc(=O)n(C2OC(CO)C(F)C2=CF)cc1CCO. The molecule has 21 heavy (non-hydrogen) atoms. The van der Waals surface area contributed by atoms with E-state index in [1.54, 1.807) is 0 Å². The van der Waals surface area contributed by atoms with E-state index < -0.39 is 36.4 Å². The van der Waals surface area contributed by atoms with Crippen LogP contribution >= 0.6 is 0 Å². The minimum Gasteiger partial charge on any atom is -0.396 e. The Morgan fingerprint density at radius 2 is 2.24 bits per heavy atom. The zero-order chi connectivity index (χ0) is 15.6. The molecule has 2 rings (SSSR count). The Kier molecular flexibility index (Phi) is 4.66. The summed E-state index contributed by atoms with van der Waals surface area (Å²) < 4.78 is 32.8. The number of rotatable bonds is 4. The van der Waals surface area contributed by atoms with Crippen molar-refractivity contribution >= 4 is 5.82 Å². The molecule has 0 bridgehead atoms. The van der Waals surface area contributed by atoms with Gasteiger partial charge in [0.1, 0.15) is 11.9 Å². The Bertz CT molecular complexity index is 605. The second-order valence-corrected chi connectivity index (χ2v) is 4.54. The van der Waals surface area contributed by atoms with Crippen LogP contribution in [0.15, 0.2) is 22.9 Å². The highest BCUT2D eigenvalue weighted by molar-refractivity contribution is 5.37. The third-order valence-electron chi connectivity index (χ3n) is 3.23. The van der Waals surface area contributed by atoms with Gasteiger partial charge < -0.3 is 20.7 Å². The lowest BCUT2D eigenvalue weighted by atomic mass is 10.1. The lowest BCUT2D eigenvalue weighted by molar-refractivity contribution is -0.0323. The molecule has 1 aromatic heterocycles. The number of hydrogen-bond acceptors (Lipinski definition) is 6. The normalized spacial score (nSPS) is 27.4. The molecule has 0 amide bonds. The molecule has 7 nitrogen and oxygen atoms in total. The summed E-state index contributed by atoms with van der Waals surface area (Å²) in [6.07, 6.45) is -3.09. The van der Waals surface area contributed by atoms with Crippen molar-refractivity contribution in [2.75, 3.05) is 18.9 Å². The lowest BCUT2D eigenvalue weighted by Gasteiger charge is -2.16. The fourth-order valence-electron chi connectivity index (χ4n) is 2.14. The molecule has 3 unspecified atom stereocenters. The first-order chi connectivity index (χ1) is 10.0. The Labute approximate surface area is 118 Å². The Morgan fingerprint density at radius 1 is 1.52 bits per heavy atom. The summed E-state index contributed by atoms with van der Waals surface area (Å²) in [5.41, 5.74) is 4.63. The first-order valence-electron chi connectivity index (χ1n) is 6.22. The van der Waals surface area contributed by atoms with Crippen molar-refractivity contribution in [2.45, 2.75) is 24.9 Å². The molecular weight excluding hydrogens is 288 g/mol. The molecule has 0 spiro atoms. The van der Waals surface area contributed by atoms with Crippen molar-refractivity contribution in [3.63, 3.8) is 0 Å². The van der Waals surface area contributed by atoms with Crippen LogP contribution in [-0.2, 0) is 11.2 Å². The first kappa shape index (κ1) is 15.5. The molecule has 1 fully saturated rings. The van der Waals surface area contributed by atoms with Crippen LogP contribution < -0.4 is 11.4 Å². The number of aromatic nitrogens is 2. The van der Waals surface area contributed by atoms with Gasteiger partial charge in [-0.1, -0.05) is 0 Å². The largest absolute Gasteiger partial charge is 0.396 e. The molecule has 1 aromatic rings. The van der Waals surface area contributed by atoms with Gasteiger partial charge in [-0.05, 0) is 0 Å². The van der Waals surface area contributed by atoms with Gasteiger partial charge >= 0.3 is 5.69 Å². The van der Waals surface area contributed by atoms with Crippen molar-refractivity contribution < 1.29 is 23.7 Å². The van der Waals surface area contributed by atoms with E-state index in [9.17, 15) is 13.6 Å². The molecule has 4 N–H and O–H groups in total. The number of anilines is 1. The molecule has 9 heteroatoms. The summed E-state index contributed by atoms with van der Waals surface area (Å²) in [7, 11) is 0. The molecule has 0 radical (unpaired) electrons. The monoisotopic (exact) mass is 303 g/mol. The third-order valence-corrected chi connectivity index (χ3v) is 3.23. The van der Waals surface area contributed by atoms with Gasteiger partial charge in [0.15, 0.2) is 12.4 Å². The van der Waals surface area contributed by atoms with Gasteiger partial charge in [0, 0.05) is 30.4 Å². The van der Waals surface area contributed by atoms with Crippen LogP contribution in [0.2, 0.25) is 0 Å². The number of aliphatic hydroxyl groups is 2. The number of nitrogen functional groups attached to an aromatic ring is 1. The molecule has 0 aliphatic carbocycles. The van der Waals surface area contributed by atoms with Gasteiger partial charge in [0.2, 0.25) is 0 Å². The average molecular weight is 303 g/mol. The van der Waals surface area contributed by atoms with E-state index in [2.05, 4.69) is 4.98 Å². The molecule has 1 aliphatic rings. The van der Waals surface area contributed by atoms with Crippen LogP contribution in [-0.4, -0.2) is 45.3 Å². The van der Waals surface area contributed by atoms with Gasteiger partial charge in [-0.3, -0.25) is 4.57 Å². The minimum absolute atomic E-state index is 0.0134. The van der Waals surface area contributed by atoms with Gasteiger partial charge in [0.25, 0.3) is 0 Å². The van der Waals surface area contributed by atoms with Crippen molar-refractivity contribution in [2.24, 2.45) is 0 Å². The topological polar surface area (TPSA) is 111 Å². The van der Waals surface area contributed by atoms with E-state index in [4.69, 9.17) is 20.7 Å². The second kappa shape index (κ2) is 6.29. The fourth-order valence-corrected chi connectivity index (χ4v) is 2.14. The highest BCUT2D eigenvalue weighted by Crippen LogP contribution is 2.35. The fraction of sp³-hybridized carbons (Fsp3) is 0.500. The molecule has 1 aliphatic heterocycles. The zero-order valence-corrected chi connectivity index (χ0v) is 10.9. The predicted octanol–water partition coefficient (Wildman–Crippen LogP) is -0.559. The minimum atomic E-state index is -1.87. The summed E-state index contributed by atoms with van der Waals surface area (Å²) >= 11 is 0. The molecule has 2 heterocycles. The number of nitrogens with zero attached hydrogens (tertiary/aromatic N) is 2. The molecular formula is C12H15F2N3O4. The molecule has 3 atom stereocenters. The average Bonchev–Trinajstić information content (AvgIpc) is 2.78. The van der Waals surface area contributed by atoms with Crippen LogP contribution in [0.5, 0.6) is 0 Å². The van der Waals surface area contributed by atoms with E-state index in [1.165, 1.54) is 6.20 Å². The molecule has 116 valence electrons. The van der Waals surface area contributed by atoms with Gasteiger partial charge in [-0.2, -0.15) is 4.98 Å². The molecule has 0 saturated carbocycles. The van der Waals surface area contributed by atoms with Crippen molar-refractivity contribution in [3.8, 4) is 0 Å². The van der Waals surface area contributed by atoms with Crippen LogP contribution in [0.1, 0.15) is 11.8 Å². The van der Waals surface area contributed by atoms with Crippen LogP contribution in [0.3, 0.4) is 0 Å². The summed E-state index contributed by atoms with van der Waals surface area (Å²) in [6.45, 7) is -0.887. The van der Waals surface area contributed by atoms with Gasteiger partial charge in [0.05, 0.1) is 12.9 Å². The highest BCUT2D eigenvalue weighted by Gasteiger charge is 2.41. The number of aliphatic hydroxyl groups excluding tert-OH is 2. The third kappa shape index (κ3) is 2.80. The highest BCUT2D eigenvalue weighted by atomic mass is 19.1. The van der Waals surface area contributed by atoms with Crippen molar-refractivity contribution in [1.29, 1.82) is 0 Å². The van der Waals surface area contributed by atoms with Crippen LogP contribution in [0.25, 0.3) is 0 Å². The number of nitrogens with two attached hydrogens (primary N) is 1. The smallest absolute Gasteiger partial charge is 0.351 e. The first-order valence-corrected chi connectivity index (χ1v) is 6.22. The predicted molar refractivity (Wildman–Crippen MR) is 68.8 cm³/mol. The Morgan fingerprint density at radius 3 is 2.81 bits per heavy atom. The van der Waals surface area contributed by atoms with Gasteiger partial charge in [-0.25, -0.2) is 13.6 Å². The quantitative estimate of drug-likeness (QED) is 0.688. The van der Waals surface area contributed by atoms with Crippen molar-refractivity contribution in [3.05, 3.63) is 34.1 Å². The summed E-state index contributed by atoms with van der Waals surface area (Å²) in [5.74, 6) is -0.0652. The standard InChI is InChI=1S/C12H15F2N3O4/c13-3-7-9(14)8(5-19)21-11(7)17-4-6(1-2-18)10(15)16-12(17)20/h3-4,8-9,11,18-19H,1-2,5H2,(H2,15,16,20). The maximum atomic E-state index is 13.9. The van der Waals surface area contributed by atoms with E-state index >= 15 is 0 Å². The maximum Gasteiger partial charge on any atom is 0.351 e. The molecule has 1 saturated heterocycles. The molecule has 0 aromatic carbocycles. The van der Waals surface area contributed by atoms with E-state index in [0.29, 0.717) is 5.56 Å². The van der Waals surface area contributed by atoms with E-state index in [1.807, 2.05) is 0 Å². The van der Waals surface area contributed by atoms with E-state index in [-0.39, 0.29) is 25.2 Å². The maximum absolute atomic E-state index is 13.9. The summed E-state index contributed by atoms with van der Waals surface area (Å²) in [6, 6.07) is 0.